The fourth-order valence-corrected chi connectivity index (χ4v) is 2.39. The van der Waals surface area contributed by atoms with E-state index in [1.807, 2.05) is 0 Å². The van der Waals surface area contributed by atoms with Gasteiger partial charge in [-0.1, -0.05) is 0 Å². The first-order valence-corrected chi connectivity index (χ1v) is 6.90. The van der Waals surface area contributed by atoms with Crippen LogP contribution in [0.3, 0.4) is 0 Å². The van der Waals surface area contributed by atoms with E-state index in [9.17, 15) is 9.59 Å². The molecule has 110 valence electrons. The van der Waals surface area contributed by atoms with E-state index in [0.717, 1.165) is 25.9 Å². The van der Waals surface area contributed by atoms with Crippen LogP contribution in [0, 0.1) is 11.8 Å². The van der Waals surface area contributed by atoms with Crippen molar-refractivity contribution in [2.45, 2.75) is 25.7 Å². The highest BCUT2D eigenvalue weighted by atomic mass is 35.5. The first-order valence-electron chi connectivity index (χ1n) is 6.90. The number of hydrogen-bond donors (Lipinski definition) is 2. The number of hydrogen-bond acceptors (Lipinski definition) is 3. The van der Waals surface area contributed by atoms with Crippen molar-refractivity contribution >= 4 is 24.2 Å². The lowest BCUT2D eigenvalue weighted by Crippen LogP contribution is -2.47. The highest BCUT2D eigenvalue weighted by Gasteiger charge is 2.29. The molecule has 1 aliphatic heterocycles. The lowest BCUT2D eigenvalue weighted by Gasteiger charge is -2.32. The predicted octanol–water partition coefficient (Wildman–Crippen LogP) is 0.392. The third-order valence-electron chi connectivity index (χ3n) is 3.73. The molecule has 1 unspecified atom stereocenters. The van der Waals surface area contributed by atoms with Crippen molar-refractivity contribution in [3.8, 4) is 0 Å². The van der Waals surface area contributed by atoms with Gasteiger partial charge in [0.05, 0.1) is 12.5 Å². The summed E-state index contributed by atoms with van der Waals surface area (Å²) in [6, 6.07) is 0. The number of nitrogens with one attached hydrogen (secondary N) is 2. The van der Waals surface area contributed by atoms with Gasteiger partial charge in [0.2, 0.25) is 11.8 Å². The van der Waals surface area contributed by atoms with Crippen LogP contribution in [0.4, 0.5) is 0 Å². The monoisotopic (exact) mass is 289 g/mol. The Kier molecular flexibility index (Phi) is 6.58. The smallest absolute Gasteiger partial charge is 0.236 e. The van der Waals surface area contributed by atoms with E-state index in [1.165, 1.54) is 12.8 Å². The van der Waals surface area contributed by atoms with Gasteiger partial charge in [0.15, 0.2) is 0 Å². The molecule has 6 heteroatoms. The van der Waals surface area contributed by atoms with Gasteiger partial charge in [-0.05, 0) is 38.6 Å². The molecule has 0 spiro atoms. The van der Waals surface area contributed by atoms with Gasteiger partial charge < -0.3 is 15.5 Å². The van der Waals surface area contributed by atoms with E-state index in [-0.39, 0.29) is 30.1 Å². The van der Waals surface area contributed by atoms with Gasteiger partial charge in [-0.2, -0.15) is 0 Å². The summed E-state index contributed by atoms with van der Waals surface area (Å²) in [4.78, 5) is 25.6. The third-order valence-corrected chi connectivity index (χ3v) is 3.73. The van der Waals surface area contributed by atoms with E-state index < -0.39 is 0 Å². The van der Waals surface area contributed by atoms with Gasteiger partial charge in [0, 0.05) is 19.6 Å². The maximum Gasteiger partial charge on any atom is 0.236 e. The SMILES string of the molecule is CNCC(=O)N1CCCC(C(=O)NCC2CC2)C1.Cl. The summed E-state index contributed by atoms with van der Waals surface area (Å²) in [7, 11) is 1.77. The van der Waals surface area contributed by atoms with E-state index in [0.29, 0.717) is 19.0 Å². The number of carbonyl (C=O) groups is 2. The molecule has 0 aromatic carbocycles. The molecule has 2 rings (SSSR count). The van der Waals surface area contributed by atoms with Crippen molar-refractivity contribution in [2.75, 3.05) is 33.2 Å². The maximum absolute atomic E-state index is 12.0. The summed E-state index contributed by atoms with van der Waals surface area (Å²) in [5.74, 6) is 0.916. The van der Waals surface area contributed by atoms with Crippen LogP contribution in [0.25, 0.3) is 0 Å². The standard InChI is InChI=1S/C13H23N3O2.ClH/c1-14-8-12(17)16-6-2-3-11(9-16)13(18)15-7-10-4-5-10;/h10-11,14H,2-9H2,1H3,(H,15,18);1H. The summed E-state index contributed by atoms with van der Waals surface area (Å²) in [6.45, 7) is 2.54. The molecular weight excluding hydrogens is 266 g/mol. The van der Waals surface area contributed by atoms with Gasteiger partial charge in [-0.15, -0.1) is 12.4 Å². The van der Waals surface area contributed by atoms with Crippen LogP contribution in [0.15, 0.2) is 0 Å². The first-order chi connectivity index (χ1) is 8.70. The second-order valence-corrected chi connectivity index (χ2v) is 5.40. The van der Waals surface area contributed by atoms with Gasteiger partial charge in [-0.25, -0.2) is 0 Å². The van der Waals surface area contributed by atoms with Crippen molar-refractivity contribution in [2.24, 2.45) is 11.8 Å². The Hall–Kier alpha value is -0.810. The van der Waals surface area contributed by atoms with Crippen LogP contribution in [0.2, 0.25) is 0 Å². The molecule has 2 fully saturated rings. The number of carbonyl (C=O) groups excluding carboxylic acids is 2. The number of nitrogens with zero attached hydrogens (tertiary/aromatic N) is 1. The van der Waals surface area contributed by atoms with E-state index in [2.05, 4.69) is 10.6 Å². The Labute approximate surface area is 120 Å². The average molecular weight is 290 g/mol. The molecule has 1 saturated carbocycles. The van der Waals surface area contributed by atoms with Crippen LogP contribution in [0.5, 0.6) is 0 Å². The van der Waals surface area contributed by atoms with Crippen LogP contribution in [0.1, 0.15) is 25.7 Å². The van der Waals surface area contributed by atoms with Crippen molar-refractivity contribution in [3.63, 3.8) is 0 Å². The zero-order valence-electron chi connectivity index (χ0n) is 11.5. The van der Waals surface area contributed by atoms with Crippen molar-refractivity contribution in [3.05, 3.63) is 0 Å². The second-order valence-electron chi connectivity index (χ2n) is 5.40. The molecule has 1 atom stereocenters. The molecule has 1 saturated heterocycles. The number of likely N-dealkylation sites (tertiary alicyclic amines) is 1. The highest BCUT2D eigenvalue weighted by molar-refractivity contribution is 5.85. The summed E-state index contributed by atoms with van der Waals surface area (Å²) in [5, 5.41) is 5.88. The van der Waals surface area contributed by atoms with E-state index >= 15 is 0 Å². The molecule has 19 heavy (non-hydrogen) atoms. The minimum atomic E-state index is -0.0155. The molecule has 0 bridgehead atoms. The molecule has 0 aromatic rings. The predicted molar refractivity (Wildman–Crippen MR) is 76.2 cm³/mol. The number of halogens is 1. The Balaban J connectivity index is 0.00000180. The molecule has 2 N–H and O–H groups in total. The Morgan fingerprint density at radius 2 is 2.00 bits per heavy atom. The zero-order chi connectivity index (χ0) is 13.0. The van der Waals surface area contributed by atoms with Gasteiger partial charge in [-0.3, -0.25) is 9.59 Å². The maximum atomic E-state index is 12.0. The fraction of sp³-hybridized carbons (Fsp3) is 0.846. The van der Waals surface area contributed by atoms with Crippen LogP contribution >= 0.6 is 12.4 Å². The number of likely N-dealkylation sites (N-methyl/N-ethyl adjacent to an activating group) is 1. The number of amides is 2. The average Bonchev–Trinajstić information content (AvgIpc) is 3.20. The summed E-state index contributed by atoms with van der Waals surface area (Å²) in [5.41, 5.74) is 0. The Morgan fingerprint density at radius 1 is 1.26 bits per heavy atom. The van der Waals surface area contributed by atoms with Crippen LogP contribution in [-0.2, 0) is 9.59 Å². The fourth-order valence-electron chi connectivity index (χ4n) is 2.39. The molecular formula is C13H24ClN3O2. The third kappa shape index (κ3) is 4.99. The molecule has 2 aliphatic rings. The highest BCUT2D eigenvalue weighted by Crippen LogP contribution is 2.27. The largest absolute Gasteiger partial charge is 0.356 e. The van der Waals surface area contributed by atoms with E-state index in [1.54, 1.807) is 11.9 Å². The molecule has 0 radical (unpaired) electrons. The molecule has 2 amide bonds. The quantitative estimate of drug-likeness (QED) is 0.770. The first kappa shape index (κ1) is 16.2. The molecule has 5 nitrogen and oxygen atoms in total. The molecule has 0 aromatic heterocycles. The van der Waals surface area contributed by atoms with Gasteiger partial charge in [0.25, 0.3) is 0 Å². The normalized spacial score (nSPS) is 22.6. The second kappa shape index (κ2) is 7.70. The summed E-state index contributed by atoms with van der Waals surface area (Å²) < 4.78 is 0. The minimum absolute atomic E-state index is 0. The van der Waals surface area contributed by atoms with Crippen LogP contribution in [-0.4, -0.2) is 49.9 Å². The summed E-state index contributed by atoms with van der Waals surface area (Å²) >= 11 is 0. The zero-order valence-corrected chi connectivity index (χ0v) is 12.3. The van der Waals surface area contributed by atoms with Crippen molar-refractivity contribution in [1.82, 2.24) is 15.5 Å². The van der Waals surface area contributed by atoms with Gasteiger partial charge >= 0.3 is 0 Å². The number of rotatable bonds is 5. The van der Waals surface area contributed by atoms with Crippen molar-refractivity contribution < 1.29 is 9.59 Å². The van der Waals surface area contributed by atoms with E-state index in [4.69, 9.17) is 0 Å². The van der Waals surface area contributed by atoms with Crippen LogP contribution < -0.4 is 10.6 Å². The topological polar surface area (TPSA) is 61.4 Å². The lowest BCUT2D eigenvalue weighted by molar-refractivity contribution is -0.134. The Bertz CT molecular complexity index is 321. The molecule has 1 aliphatic carbocycles. The lowest BCUT2D eigenvalue weighted by atomic mass is 9.97. The minimum Gasteiger partial charge on any atom is -0.356 e. The number of piperidine rings is 1. The van der Waals surface area contributed by atoms with Crippen molar-refractivity contribution in [1.29, 1.82) is 0 Å². The molecule has 1 heterocycles. The summed E-state index contributed by atoms with van der Waals surface area (Å²) in [6.07, 6.45) is 4.33. The Morgan fingerprint density at radius 3 is 2.63 bits per heavy atom. The van der Waals surface area contributed by atoms with Gasteiger partial charge in [0.1, 0.15) is 0 Å².